The minimum absolute atomic E-state index is 0.231. The molecule has 0 heterocycles. The fraction of sp³-hybridized carbons (Fsp3) is 0.667. The molecular formula is C6H12N2O3. The minimum atomic E-state index is -1.07. The number of aliphatic carboxylic acids is 1. The summed E-state index contributed by atoms with van der Waals surface area (Å²) in [5.41, 5.74) is 10.4. The molecule has 5 N–H and O–H groups in total. The van der Waals surface area contributed by atoms with Gasteiger partial charge in [0.2, 0.25) is 0 Å². The second kappa shape index (κ2) is 4.81. The summed E-state index contributed by atoms with van der Waals surface area (Å²) in [5, 5.41) is 8.31. The van der Waals surface area contributed by atoms with Crippen LogP contribution in [0.1, 0.15) is 12.8 Å². The largest absolute Gasteiger partial charge is 0.480 e. The molecule has 2 atom stereocenters. The van der Waals surface area contributed by atoms with Gasteiger partial charge in [0.1, 0.15) is 12.3 Å². The predicted octanol–water partition coefficient (Wildman–Crippen LogP) is -1.30. The second-order valence-corrected chi connectivity index (χ2v) is 2.32. The molecule has 0 fully saturated rings. The van der Waals surface area contributed by atoms with Crippen molar-refractivity contribution in [1.82, 2.24) is 0 Å². The van der Waals surface area contributed by atoms with E-state index in [1.54, 1.807) is 0 Å². The molecule has 11 heavy (non-hydrogen) atoms. The molecule has 5 heteroatoms. The van der Waals surface area contributed by atoms with E-state index >= 15 is 0 Å². The molecule has 0 aliphatic rings. The highest BCUT2D eigenvalue weighted by Gasteiger charge is 2.12. The number of carbonyl (C=O) groups is 2. The van der Waals surface area contributed by atoms with Gasteiger partial charge < -0.3 is 21.4 Å². The lowest BCUT2D eigenvalue weighted by molar-refractivity contribution is -0.138. The summed E-state index contributed by atoms with van der Waals surface area (Å²) < 4.78 is 0. The van der Waals surface area contributed by atoms with E-state index < -0.39 is 18.1 Å². The van der Waals surface area contributed by atoms with Crippen molar-refractivity contribution < 1.29 is 14.7 Å². The third-order valence-electron chi connectivity index (χ3n) is 1.30. The van der Waals surface area contributed by atoms with E-state index in [4.69, 9.17) is 16.6 Å². The van der Waals surface area contributed by atoms with Gasteiger partial charge in [0, 0.05) is 0 Å². The molecule has 0 aromatic rings. The molecule has 0 amide bonds. The molecule has 0 bridgehead atoms. The summed E-state index contributed by atoms with van der Waals surface area (Å²) in [6.45, 7) is 0. The van der Waals surface area contributed by atoms with E-state index in [-0.39, 0.29) is 6.42 Å². The van der Waals surface area contributed by atoms with Gasteiger partial charge in [0.25, 0.3) is 0 Å². The predicted molar refractivity (Wildman–Crippen MR) is 38.9 cm³/mol. The Labute approximate surface area is 64.4 Å². The van der Waals surface area contributed by atoms with Crippen molar-refractivity contribution >= 4 is 12.3 Å². The van der Waals surface area contributed by atoms with Gasteiger partial charge in [-0.25, -0.2) is 0 Å². The maximum Gasteiger partial charge on any atom is 0.320 e. The van der Waals surface area contributed by atoms with Crippen LogP contribution in [0.25, 0.3) is 0 Å². The first-order chi connectivity index (χ1) is 5.07. The van der Waals surface area contributed by atoms with Crippen LogP contribution in [0, 0.1) is 0 Å². The Kier molecular flexibility index (Phi) is 4.40. The average molecular weight is 160 g/mol. The summed E-state index contributed by atoms with van der Waals surface area (Å²) in [7, 11) is 0. The third kappa shape index (κ3) is 4.46. The maximum atomic E-state index is 10.1. The van der Waals surface area contributed by atoms with Crippen molar-refractivity contribution in [3.05, 3.63) is 0 Å². The van der Waals surface area contributed by atoms with Gasteiger partial charge in [-0.05, 0) is 12.8 Å². The number of rotatable bonds is 5. The van der Waals surface area contributed by atoms with Crippen LogP contribution in [0.4, 0.5) is 0 Å². The fourth-order valence-corrected chi connectivity index (χ4v) is 0.564. The van der Waals surface area contributed by atoms with Crippen molar-refractivity contribution in [3.63, 3.8) is 0 Å². The van der Waals surface area contributed by atoms with Crippen LogP contribution >= 0.6 is 0 Å². The fourth-order valence-electron chi connectivity index (χ4n) is 0.564. The summed E-state index contributed by atoms with van der Waals surface area (Å²) in [4.78, 5) is 20.1. The van der Waals surface area contributed by atoms with E-state index in [1.165, 1.54) is 0 Å². The zero-order valence-electron chi connectivity index (χ0n) is 6.06. The van der Waals surface area contributed by atoms with Crippen molar-refractivity contribution in [2.75, 3.05) is 0 Å². The van der Waals surface area contributed by atoms with E-state index in [9.17, 15) is 9.59 Å². The van der Waals surface area contributed by atoms with Crippen LogP contribution in [0.15, 0.2) is 0 Å². The molecule has 1 unspecified atom stereocenters. The molecule has 0 saturated carbocycles. The Morgan fingerprint density at radius 3 is 2.36 bits per heavy atom. The van der Waals surface area contributed by atoms with Crippen molar-refractivity contribution in [2.24, 2.45) is 11.5 Å². The molecule has 64 valence electrons. The summed E-state index contributed by atoms with van der Waals surface area (Å²) in [6.07, 6.45) is 1.13. The Balaban J connectivity index is 3.53. The molecule has 0 aliphatic heterocycles. The minimum Gasteiger partial charge on any atom is -0.480 e. The van der Waals surface area contributed by atoms with Crippen LogP contribution in [0.3, 0.4) is 0 Å². The molecular weight excluding hydrogens is 148 g/mol. The highest BCUT2D eigenvalue weighted by Crippen LogP contribution is 1.96. The number of carboxylic acids is 1. The molecule has 0 aliphatic carbocycles. The zero-order chi connectivity index (χ0) is 8.85. The van der Waals surface area contributed by atoms with Crippen LogP contribution in [0.5, 0.6) is 0 Å². The first kappa shape index (κ1) is 10.1. The van der Waals surface area contributed by atoms with E-state index in [2.05, 4.69) is 0 Å². The van der Waals surface area contributed by atoms with Crippen molar-refractivity contribution in [2.45, 2.75) is 24.9 Å². The Hall–Kier alpha value is -0.940. The smallest absolute Gasteiger partial charge is 0.320 e. The highest BCUT2D eigenvalue weighted by molar-refractivity contribution is 5.73. The number of carbonyl (C=O) groups excluding carboxylic acids is 1. The van der Waals surface area contributed by atoms with Crippen molar-refractivity contribution in [1.29, 1.82) is 0 Å². The lowest BCUT2D eigenvalue weighted by Crippen LogP contribution is -2.33. The van der Waals surface area contributed by atoms with Crippen LogP contribution in [-0.2, 0) is 9.59 Å². The zero-order valence-corrected chi connectivity index (χ0v) is 6.06. The first-order valence-electron chi connectivity index (χ1n) is 3.27. The Bertz CT molecular complexity index is 149. The lowest BCUT2D eigenvalue weighted by atomic mass is 10.1. The van der Waals surface area contributed by atoms with Gasteiger partial charge in [0.05, 0.1) is 6.04 Å². The topological polar surface area (TPSA) is 106 Å². The van der Waals surface area contributed by atoms with Gasteiger partial charge in [-0.2, -0.15) is 0 Å². The molecule has 0 aromatic carbocycles. The third-order valence-corrected chi connectivity index (χ3v) is 1.30. The quantitative estimate of drug-likeness (QED) is 0.433. The molecule has 0 radical (unpaired) electrons. The number of aldehydes is 1. The first-order valence-corrected chi connectivity index (χ1v) is 3.27. The van der Waals surface area contributed by atoms with Crippen LogP contribution in [-0.4, -0.2) is 29.4 Å². The Morgan fingerprint density at radius 1 is 1.45 bits per heavy atom. The standard InChI is InChI=1S/C6H12N2O3/c7-4(3-9)1-2-5(8)6(10)11/h3-5H,1-2,7-8H2,(H,10,11)/t4?,5-/m0/s1. The highest BCUT2D eigenvalue weighted by atomic mass is 16.4. The molecule has 0 rings (SSSR count). The maximum absolute atomic E-state index is 10.1. The van der Waals surface area contributed by atoms with E-state index in [0.717, 1.165) is 0 Å². The molecule has 5 nitrogen and oxygen atoms in total. The van der Waals surface area contributed by atoms with Gasteiger partial charge in [-0.3, -0.25) is 4.79 Å². The van der Waals surface area contributed by atoms with E-state index in [1.807, 2.05) is 0 Å². The Morgan fingerprint density at radius 2 is 2.00 bits per heavy atom. The van der Waals surface area contributed by atoms with Crippen LogP contribution < -0.4 is 11.5 Å². The molecule has 0 aromatic heterocycles. The van der Waals surface area contributed by atoms with Gasteiger partial charge in [0.15, 0.2) is 0 Å². The van der Waals surface area contributed by atoms with Gasteiger partial charge in [-0.1, -0.05) is 0 Å². The second-order valence-electron chi connectivity index (χ2n) is 2.32. The van der Waals surface area contributed by atoms with Crippen molar-refractivity contribution in [3.8, 4) is 0 Å². The normalized spacial score (nSPS) is 15.5. The average Bonchev–Trinajstić information content (AvgIpc) is 1.99. The summed E-state index contributed by atoms with van der Waals surface area (Å²) in [6, 6.07) is -1.51. The number of hydrogen-bond donors (Lipinski definition) is 3. The van der Waals surface area contributed by atoms with E-state index in [0.29, 0.717) is 12.7 Å². The number of nitrogens with two attached hydrogens (primary N) is 2. The molecule has 0 saturated heterocycles. The SMILES string of the molecule is NC(C=O)CC[C@H](N)C(=O)O. The molecule has 0 spiro atoms. The number of carboxylic acid groups (broad SMARTS) is 1. The summed E-state index contributed by atoms with van der Waals surface area (Å²) >= 11 is 0. The number of hydrogen-bond acceptors (Lipinski definition) is 4. The van der Waals surface area contributed by atoms with Gasteiger partial charge >= 0.3 is 5.97 Å². The van der Waals surface area contributed by atoms with Gasteiger partial charge in [-0.15, -0.1) is 0 Å². The monoisotopic (exact) mass is 160 g/mol. The summed E-state index contributed by atoms with van der Waals surface area (Å²) in [5.74, 6) is -1.07. The van der Waals surface area contributed by atoms with Crippen LogP contribution in [0.2, 0.25) is 0 Å². The lowest BCUT2D eigenvalue weighted by Gasteiger charge is -2.06.